The fourth-order valence-electron chi connectivity index (χ4n) is 1.68. The average Bonchev–Trinajstić information content (AvgIpc) is 2.84. The molecule has 108 valence electrons. The summed E-state index contributed by atoms with van der Waals surface area (Å²) in [4.78, 5) is 0. The molecule has 0 spiro atoms. The van der Waals surface area contributed by atoms with Gasteiger partial charge in [-0.2, -0.15) is 13.9 Å². The van der Waals surface area contributed by atoms with E-state index >= 15 is 0 Å². The Bertz CT molecular complexity index is 563. The Balaban J connectivity index is 0.00000200. The van der Waals surface area contributed by atoms with E-state index in [1.807, 2.05) is 0 Å². The van der Waals surface area contributed by atoms with Crippen molar-refractivity contribution in [2.45, 2.75) is 26.1 Å². The fraction of sp³-hybridized carbons (Fsp3) is 0.455. The standard InChI is InChI=1S/C11H12F3N4O.U/c1-11(2,14)8-7(19-10(12)13)9(17(3)16-8)18-6-4-5-15-18;/h5-6,10H,1-3H3;/q-1;. The molecule has 0 amide bonds. The van der Waals surface area contributed by atoms with Crippen LogP contribution >= 0.6 is 0 Å². The number of aryl methyl sites for hydroxylation is 1. The number of hydrogen-bond acceptors (Lipinski definition) is 3. The maximum absolute atomic E-state index is 14.0. The molecule has 0 unspecified atom stereocenters. The van der Waals surface area contributed by atoms with Crippen molar-refractivity contribution in [3.63, 3.8) is 0 Å². The molecular formula is C11H12F3N4OU-. The van der Waals surface area contributed by atoms with Crippen LogP contribution in [0.5, 0.6) is 5.75 Å². The first-order valence-corrected chi connectivity index (χ1v) is 5.43. The van der Waals surface area contributed by atoms with E-state index in [1.165, 1.54) is 42.7 Å². The van der Waals surface area contributed by atoms with Gasteiger partial charge in [0.25, 0.3) is 0 Å². The topological polar surface area (TPSA) is 44.9 Å². The third-order valence-corrected chi connectivity index (χ3v) is 2.42. The van der Waals surface area contributed by atoms with Crippen molar-refractivity contribution in [2.24, 2.45) is 7.05 Å². The Labute approximate surface area is 137 Å². The van der Waals surface area contributed by atoms with E-state index in [4.69, 9.17) is 0 Å². The molecule has 20 heavy (non-hydrogen) atoms. The predicted octanol–water partition coefficient (Wildman–Crippen LogP) is 2.21. The largest absolute Gasteiger partial charge is 0.432 e. The average molecular weight is 511 g/mol. The molecular weight excluding hydrogens is 499 g/mol. The molecule has 0 radical (unpaired) electrons. The first-order chi connectivity index (χ1) is 8.80. The van der Waals surface area contributed by atoms with Gasteiger partial charge in [0.05, 0.1) is 0 Å². The number of aromatic nitrogens is 4. The molecule has 0 atom stereocenters. The third-order valence-electron chi connectivity index (χ3n) is 2.42. The second-order valence-corrected chi connectivity index (χ2v) is 4.36. The van der Waals surface area contributed by atoms with Crippen LogP contribution in [0, 0.1) is 37.2 Å². The van der Waals surface area contributed by atoms with Crippen molar-refractivity contribution < 1.29 is 49.0 Å². The van der Waals surface area contributed by atoms with E-state index in [1.54, 1.807) is 0 Å². The van der Waals surface area contributed by atoms with Gasteiger partial charge >= 0.3 is 6.61 Å². The first-order valence-electron chi connectivity index (χ1n) is 5.43. The molecule has 0 saturated heterocycles. The number of nitrogens with zero attached hydrogens (tertiary/aromatic N) is 4. The van der Waals surface area contributed by atoms with Crippen LogP contribution in [-0.4, -0.2) is 26.2 Å². The van der Waals surface area contributed by atoms with Crippen molar-refractivity contribution in [1.82, 2.24) is 19.6 Å². The van der Waals surface area contributed by atoms with E-state index in [0.717, 1.165) is 0 Å². The number of hydrogen-bond donors (Lipinski definition) is 0. The zero-order valence-electron chi connectivity index (χ0n) is 11.1. The van der Waals surface area contributed by atoms with Crippen LogP contribution < -0.4 is 4.74 Å². The molecule has 0 saturated carbocycles. The van der Waals surface area contributed by atoms with Gasteiger partial charge in [-0.05, 0) is 13.8 Å². The summed E-state index contributed by atoms with van der Waals surface area (Å²) >= 11 is 0. The summed E-state index contributed by atoms with van der Waals surface area (Å²) in [6.07, 6.45) is 2.75. The fourth-order valence-corrected chi connectivity index (χ4v) is 1.68. The van der Waals surface area contributed by atoms with Crippen molar-refractivity contribution >= 4 is 0 Å². The van der Waals surface area contributed by atoms with Gasteiger partial charge in [-0.15, -0.1) is 12.4 Å². The van der Waals surface area contributed by atoms with Gasteiger partial charge < -0.3 is 10.8 Å². The molecule has 0 aliphatic heterocycles. The van der Waals surface area contributed by atoms with E-state index in [2.05, 4.69) is 21.0 Å². The molecule has 2 aromatic heterocycles. The molecule has 0 fully saturated rings. The van der Waals surface area contributed by atoms with Gasteiger partial charge in [0.1, 0.15) is 5.69 Å². The van der Waals surface area contributed by atoms with E-state index < -0.39 is 12.3 Å². The van der Waals surface area contributed by atoms with Crippen LogP contribution in [0.1, 0.15) is 19.5 Å². The number of ether oxygens (including phenoxy) is 1. The maximum Gasteiger partial charge on any atom is 0.387 e. The van der Waals surface area contributed by atoms with Gasteiger partial charge in [-0.3, -0.25) is 4.68 Å². The zero-order valence-corrected chi connectivity index (χ0v) is 15.2. The quantitative estimate of drug-likeness (QED) is 0.592. The molecule has 2 aromatic rings. The third kappa shape index (κ3) is 3.38. The van der Waals surface area contributed by atoms with Crippen molar-refractivity contribution in [3.05, 3.63) is 24.2 Å². The summed E-state index contributed by atoms with van der Waals surface area (Å²) in [6.45, 7) is -0.650. The number of alkyl halides is 3. The van der Waals surface area contributed by atoms with Gasteiger partial charge in [0.15, 0.2) is 17.2 Å². The minimum absolute atomic E-state index is 0. The Morgan fingerprint density at radius 1 is 1.40 bits per heavy atom. The van der Waals surface area contributed by atoms with Crippen LogP contribution in [0.4, 0.5) is 13.2 Å². The van der Waals surface area contributed by atoms with E-state index in [9.17, 15) is 13.2 Å². The van der Waals surface area contributed by atoms with Crippen LogP contribution in [0.25, 0.3) is 5.82 Å². The van der Waals surface area contributed by atoms with Gasteiger partial charge in [-0.1, -0.05) is 0 Å². The van der Waals surface area contributed by atoms with Gasteiger partial charge in [0, 0.05) is 38.2 Å². The molecule has 5 nitrogen and oxygen atoms in total. The van der Waals surface area contributed by atoms with E-state index in [0.29, 0.717) is 0 Å². The van der Waals surface area contributed by atoms with Crippen LogP contribution in [0.3, 0.4) is 0 Å². The monoisotopic (exact) mass is 511 g/mol. The second-order valence-electron chi connectivity index (χ2n) is 4.36. The number of rotatable bonds is 4. The van der Waals surface area contributed by atoms with Crippen LogP contribution in [0.15, 0.2) is 12.4 Å². The Morgan fingerprint density at radius 3 is 2.50 bits per heavy atom. The Morgan fingerprint density at radius 2 is 2.05 bits per heavy atom. The molecule has 0 aliphatic rings. The summed E-state index contributed by atoms with van der Waals surface area (Å²) in [5.74, 6) is -0.218. The maximum atomic E-state index is 14.0. The van der Waals surface area contributed by atoms with Crippen molar-refractivity contribution in [2.75, 3.05) is 0 Å². The SMILES string of the molecule is Cn1nc(C(C)(C)F)c(OC(F)F)c1-n1c[c-]cn1.[U]. The van der Waals surface area contributed by atoms with Crippen molar-refractivity contribution in [1.29, 1.82) is 0 Å². The second kappa shape index (κ2) is 6.23. The summed E-state index contributed by atoms with van der Waals surface area (Å²) < 4.78 is 45.9. The summed E-state index contributed by atoms with van der Waals surface area (Å²) in [5, 5.41) is 7.76. The van der Waals surface area contributed by atoms with Gasteiger partial charge in [0.2, 0.25) is 0 Å². The Kier molecular flexibility index (Phi) is 5.33. The van der Waals surface area contributed by atoms with Crippen molar-refractivity contribution in [3.8, 4) is 11.6 Å². The van der Waals surface area contributed by atoms with Crippen LogP contribution in [-0.2, 0) is 12.7 Å². The smallest absolute Gasteiger partial charge is 0.387 e. The molecule has 0 bridgehead atoms. The van der Waals surface area contributed by atoms with Crippen LogP contribution in [0.2, 0.25) is 0 Å². The van der Waals surface area contributed by atoms with Gasteiger partial charge in [-0.25, -0.2) is 14.2 Å². The molecule has 9 heteroatoms. The molecule has 2 rings (SSSR count). The molecule has 0 aliphatic carbocycles. The molecule has 0 aromatic carbocycles. The normalized spacial score (nSPS) is 11.6. The zero-order chi connectivity index (χ0) is 14.2. The Hall–Kier alpha value is -0.938. The van der Waals surface area contributed by atoms with E-state index in [-0.39, 0.29) is 48.4 Å². The summed E-state index contributed by atoms with van der Waals surface area (Å²) in [6, 6.07) is 2.66. The predicted molar refractivity (Wildman–Crippen MR) is 59.9 cm³/mol. The summed E-state index contributed by atoms with van der Waals surface area (Å²) in [5.41, 5.74) is -2.13. The molecule has 0 N–H and O–H groups in total. The minimum atomic E-state index is -3.08. The minimum Gasteiger partial charge on any atom is -0.432 e. The number of halogens is 3. The first kappa shape index (κ1) is 17.1. The molecule has 2 heterocycles. The summed E-state index contributed by atoms with van der Waals surface area (Å²) in [7, 11) is 1.49.